The van der Waals surface area contributed by atoms with Crippen molar-refractivity contribution in [3.05, 3.63) is 35.9 Å². The van der Waals surface area contributed by atoms with Gasteiger partial charge in [-0.1, -0.05) is 30.3 Å². The quantitative estimate of drug-likeness (QED) is 0.483. The van der Waals surface area contributed by atoms with E-state index in [1.54, 1.807) is 0 Å². The molecule has 1 rings (SSSR count). The fraction of sp³-hybridized carbons (Fsp3) is 0.438. The topological polar surface area (TPSA) is 78.9 Å². The monoisotopic (exact) mass is 308 g/mol. The highest BCUT2D eigenvalue weighted by Gasteiger charge is 2.39. The number of benzene rings is 1. The molecule has 0 aliphatic carbocycles. The number of hydrogen-bond donors (Lipinski definition) is 0. The van der Waals surface area contributed by atoms with Crippen molar-refractivity contribution in [1.82, 2.24) is 0 Å². The molecule has 0 spiro atoms. The molecule has 0 aliphatic rings. The number of hydrogen-bond acceptors (Lipinski definition) is 6. The molecule has 0 N–H and O–H groups in total. The van der Waals surface area contributed by atoms with Crippen molar-refractivity contribution in [3.8, 4) is 0 Å². The number of aldehydes is 3. The van der Waals surface area contributed by atoms with Crippen molar-refractivity contribution in [2.24, 2.45) is 0 Å². The van der Waals surface area contributed by atoms with Crippen LogP contribution >= 0.6 is 0 Å². The first kappa shape index (κ1) is 18.2. The smallest absolute Gasteiger partial charge is 0.226 e. The molecule has 2 unspecified atom stereocenters. The Morgan fingerprint density at radius 3 is 2.14 bits per heavy atom. The van der Waals surface area contributed by atoms with Crippen molar-refractivity contribution in [3.63, 3.8) is 0 Å². The molecule has 0 aliphatic heterocycles. The van der Waals surface area contributed by atoms with Gasteiger partial charge in [-0.25, -0.2) is 0 Å². The van der Waals surface area contributed by atoms with E-state index in [0.717, 1.165) is 5.56 Å². The van der Waals surface area contributed by atoms with Gasteiger partial charge in [-0.15, -0.1) is 0 Å². The van der Waals surface area contributed by atoms with E-state index in [1.807, 2.05) is 30.3 Å². The van der Waals surface area contributed by atoms with Gasteiger partial charge in [0.1, 0.15) is 12.4 Å². The second-order valence-corrected chi connectivity index (χ2v) is 5.10. The van der Waals surface area contributed by atoms with Crippen LogP contribution in [-0.2, 0) is 35.2 Å². The number of ether oxygens (including phenoxy) is 3. The predicted octanol–water partition coefficient (Wildman–Crippen LogP) is 1.65. The first-order valence-corrected chi connectivity index (χ1v) is 6.80. The average molecular weight is 308 g/mol. The zero-order valence-corrected chi connectivity index (χ0v) is 12.9. The largest absolute Gasteiger partial charge is 0.339 e. The van der Waals surface area contributed by atoms with Crippen LogP contribution in [0.3, 0.4) is 0 Å². The van der Waals surface area contributed by atoms with Crippen LogP contribution in [0, 0.1) is 0 Å². The molecule has 22 heavy (non-hydrogen) atoms. The minimum atomic E-state index is -1.77. The number of carbonyl (C=O) groups is 3. The van der Waals surface area contributed by atoms with E-state index < -0.39 is 17.7 Å². The van der Waals surface area contributed by atoms with E-state index in [9.17, 15) is 14.4 Å². The minimum Gasteiger partial charge on any atom is -0.339 e. The molecule has 1 aromatic carbocycles. The molecule has 3 atom stereocenters. The van der Waals surface area contributed by atoms with Crippen LogP contribution < -0.4 is 0 Å². The minimum absolute atomic E-state index is 0.119. The Bertz CT molecular complexity index is 503. The molecule has 0 aromatic heterocycles. The van der Waals surface area contributed by atoms with Crippen LogP contribution in [0.2, 0.25) is 0 Å². The second kappa shape index (κ2) is 7.93. The molecule has 6 nitrogen and oxygen atoms in total. The lowest BCUT2D eigenvalue weighted by molar-refractivity contribution is -0.317. The summed E-state index contributed by atoms with van der Waals surface area (Å²) < 4.78 is 16.0. The Morgan fingerprint density at radius 2 is 1.64 bits per heavy atom. The molecule has 0 heterocycles. The summed E-state index contributed by atoms with van der Waals surface area (Å²) in [7, 11) is 0. The molecule has 1 aromatic rings. The third kappa shape index (κ3) is 5.48. The van der Waals surface area contributed by atoms with Gasteiger partial charge >= 0.3 is 0 Å². The van der Waals surface area contributed by atoms with Gasteiger partial charge in [0, 0.05) is 0 Å². The summed E-state index contributed by atoms with van der Waals surface area (Å²) in [6, 6.07) is 9.19. The number of rotatable bonds is 10. The highest BCUT2D eigenvalue weighted by atomic mass is 16.8. The Morgan fingerprint density at radius 1 is 1.05 bits per heavy atom. The Labute approximate surface area is 129 Å². The van der Waals surface area contributed by atoms with Crippen LogP contribution in [0.1, 0.15) is 26.3 Å². The van der Waals surface area contributed by atoms with E-state index in [-0.39, 0.29) is 6.61 Å². The highest BCUT2D eigenvalue weighted by Crippen LogP contribution is 2.23. The van der Waals surface area contributed by atoms with Crippen molar-refractivity contribution >= 4 is 18.9 Å². The van der Waals surface area contributed by atoms with Gasteiger partial charge in [-0.3, -0.25) is 9.59 Å². The van der Waals surface area contributed by atoms with E-state index >= 15 is 0 Å². The van der Waals surface area contributed by atoms with Crippen LogP contribution in [0.15, 0.2) is 30.3 Å². The summed E-state index contributed by atoms with van der Waals surface area (Å²) in [5.74, 6) is -3.46. The zero-order valence-electron chi connectivity index (χ0n) is 12.9. The molecule has 120 valence electrons. The van der Waals surface area contributed by atoms with Crippen molar-refractivity contribution in [1.29, 1.82) is 0 Å². The fourth-order valence-corrected chi connectivity index (χ4v) is 1.76. The predicted molar refractivity (Wildman–Crippen MR) is 77.9 cm³/mol. The van der Waals surface area contributed by atoms with Crippen LogP contribution in [0.5, 0.6) is 0 Å². The van der Waals surface area contributed by atoms with Crippen LogP contribution in [0.25, 0.3) is 0 Å². The van der Waals surface area contributed by atoms with Gasteiger partial charge in [-0.05, 0) is 26.3 Å². The zero-order chi connectivity index (χ0) is 16.6. The van der Waals surface area contributed by atoms with Gasteiger partial charge in [0.05, 0.1) is 6.61 Å². The lowest BCUT2D eigenvalue weighted by Gasteiger charge is -2.34. The lowest BCUT2D eigenvalue weighted by Crippen LogP contribution is -2.48. The summed E-state index contributed by atoms with van der Waals surface area (Å²) >= 11 is 0. The molecule has 0 fully saturated rings. The summed E-state index contributed by atoms with van der Waals surface area (Å²) in [4.78, 5) is 33.2. The van der Waals surface area contributed by atoms with Crippen LogP contribution in [-0.4, -0.2) is 36.5 Å². The van der Waals surface area contributed by atoms with Crippen molar-refractivity contribution < 1.29 is 28.6 Å². The van der Waals surface area contributed by atoms with Crippen molar-refractivity contribution in [2.45, 2.75) is 45.1 Å². The second-order valence-electron chi connectivity index (χ2n) is 5.10. The SMILES string of the molecule is CC(C=O)O[C@](C)(C=O)OC(C)(C=O)OCc1ccccc1. The van der Waals surface area contributed by atoms with Crippen LogP contribution in [0.4, 0.5) is 0 Å². The summed E-state index contributed by atoms with van der Waals surface area (Å²) in [6.07, 6.45) is 0.474. The average Bonchev–Trinajstić information content (AvgIpc) is 2.53. The Hall–Kier alpha value is -1.89. The maximum Gasteiger partial charge on any atom is 0.226 e. The lowest BCUT2D eigenvalue weighted by atomic mass is 10.2. The highest BCUT2D eigenvalue weighted by molar-refractivity contribution is 5.64. The van der Waals surface area contributed by atoms with Gasteiger partial charge in [-0.2, -0.15) is 0 Å². The van der Waals surface area contributed by atoms with Crippen molar-refractivity contribution in [2.75, 3.05) is 0 Å². The molecule has 0 radical (unpaired) electrons. The summed E-state index contributed by atoms with van der Waals surface area (Å²) in [5.41, 5.74) is 0.842. The van der Waals surface area contributed by atoms with Gasteiger partial charge < -0.3 is 19.0 Å². The summed E-state index contributed by atoms with van der Waals surface area (Å²) in [6.45, 7) is 4.27. The van der Waals surface area contributed by atoms with E-state index in [1.165, 1.54) is 20.8 Å². The molecule has 0 bridgehead atoms. The van der Waals surface area contributed by atoms with E-state index in [2.05, 4.69) is 0 Å². The summed E-state index contributed by atoms with van der Waals surface area (Å²) in [5, 5.41) is 0. The molecule has 0 amide bonds. The van der Waals surface area contributed by atoms with Gasteiger partial charge in [0.25, 0.3) is 0 Å². The van der Waals surface area contributed by atoms with Gasteiger partial charge in [0.2, 0.25) is 11.6 Å². The number of carbonyl (C=O) groups excluding carboxylic acids is 3. The normalized spacial score (nSPS) is 17.8. The Balaban J connectivity index is 2.76. The third-order valence-corrected chi connectivity index (χ3v) is 2.81. The molecule has 0 saturated carbocycles. The maximum absolute atomic E-state index is 11.3. The molecular weight excluding hydrogens is 288 g/mol. The molecule has 0 saturated heterocycles. The first-order chi connectivity index (χ1) is 10.4. The van der Waals surface area contributed by atoms with Gasteiger partial charge in [0.15, 0.2) is 12.6 Å². The maximum atomic E-state index is 11.3. The Kier molecular flexibility index (Phi) is 6.55. The molecule has 6 heteroatoms. The standard InChI is InChI=1S/C16H20O6/c1-13(9-17)21-16(3,12-19)22-15(2,11-18)20-10-14-7-5-4-6-8-14/h4-9,11-13H,10H2,1-3H3/t13?,15?,16-/m0/s1. The third-order valence-electron chi connectivity index (χ3n) is 2.81. The fourth-order valence-electron chi connectivity index (χ4n) is 1.76. The molecular formula is C16H20O6. The van der Waals surface area contributed by atoms with E-state index in [0.29, 0.717) is 18.9 Å². The first-order valence-electron chi connectivity index (χ1n) is 6.80. The van der Waals surface area contributed by atoms with E-state index in [4.69, 9.17) is 14.2 Å².